The molecule has 2 rings (SSSR count). The number of nitrogens with two attached hydrogens (primary N) is 1. The number of nitrogens with one attached hydrogen (secondary N) is 1. The van der Waals surface area contributed by atoms with Crippen LogP contribution in [0.25, 0.3) is 0 Å². The minimum atomic E-state index is 0.0520. The lowest BCUT2D eigenvalue weighted by atomic mass is 10.1. The van der Waals surface area contributed by atoms with Gasteiger partial charge in [0.25, 0.3) is 0 Å². The molecule has 6 heteroatoms. The second kappa shape index (κ2) is 4.97. The van der Waals surface area contributed by atoms with Crippen molar-refractivity contribution >= 4 is 27.7 Å². The van der Waals surface area contributed by atoms with E-state index in [4.69, 9.17) is 10.2 Å². The van der Waals surface area contributed by atoms with Crippen LogP contribution >= 0.6 is 15.9 Å². The van der Waals surface area contributed by atoms with Gasteiger partial charge in [-0.3, -0.25) is 0 Å². The zero-order valence-electron chi connectivity index (χ0n) is 10.5. The zero-order valence-corrected chi connectivity index (χ0v) is 12.1. The maximum Gasteiger partial charge on any atom is 0.226 e. The van der Waals surface area contributed by atoms with Crippen molar-refractivity contribution in [3.05, 3.63) is 33.8 Å². The second-order valence-corrected chi connectivity index (χ2v) is 4.99. The summed E-state index contributed by atoms with van der Waals surface area (Å²) in [5, 5.41) is 3.20. The number of hydrogen-bond acceptors (Lipinski definition) is 5. The molecule has 2 aromatic heterocycles. The van der Waals surface area contributed by atoms with Gasteiger partial charge in [-0.1, -0.05) is 0 Å². The minimum absolute atomic E-state index is 0.0520. The average molecular weight is 311 g/mol. The number of hydrogen-bond donors (Lipinski definition) is 2. The molecule has 18 heavy (non-hydrogen) atoms. The number of halogens is 1. The Kier molecular flexibility index (Phi) is 3.56. The van der Waals surface area contributed by atoms with Gasteiger partial charge in [0, 0.05) is 11.6 Å². The van der Waals surface area contributed by atoms with Crippen LogP contribution in [0.15, 0.2) is 21.2 Å². The Hall–Kier alpha value is -1.56. The van der Waals surface area contributed by atoms with Crippen LogP contribution in [0.1, 0.15) is 30.0 Å². The highest BCUT2D eigenvalue weighted by molar-refractivity contribution is 9.10. The molecule has 0 radical (unpaired) electrons. The lowest BCUT2D eigenvalue weighted by molar-refractivity contribution is 0.499. The van der Waals surface area contributed by atoms with E-state index in [1.807, 2.05) is 26.8 Å². The molecule has 0 saturated carbocycles. The van der Waals surface area contributed by atoms with Gasteiger partial charge in [0.05, 0.1) is 6.04 Å². The van der Waals surface area contributed by atoms with E-state index >= 15 is 0 Å². The maximum absolute atomic E-state index is 5.67. The highest BCUT2D eigenvalue weighted by Gasteiger charge is 2.14. The van der Waals surface area contributed by atoms with Gasteiger partial charge >= 0.3 is 0 Å². The number of aromatic nitrogens is 2. The molecule has 0 saturated heterocycles. The summed E-state index contributed by atoms with van der Waals surface area (Å²) >= 11 is 3.29. The monoisotopic (exact) mass is 310 g/mol. The Morgan fingerprint density at radius 2 is 2.06 bits per heavy atom. The third kappa shape index (κ3) is 2.81. The van der Waals surface area contributed by atoms with Gasteiger partial charge in [0.2, 0.25) is 5.95 Å². The Morgan fingerprint density at radius 1 is 1.33 bits per heavy atom. The molecule has 2 aromatic rings. The van der Waals surface area contributed by atoms with Crippen molar-refractivity contribution in [3.8, 4) is 0 Å². The minimum Gasteiger partial charge on any atom is -0.466 e. The molecule has 5 nitrogen and oxygen atoms in total. The molecule has 0 aliphatic heterocycles. The third-order valence-electron chi connectivity index (χ3n) is 2.61. The Bertz CT molecular complexity index is 547. The van der Waals surface area contributed by atoms with Crippen LogP contribution in [0.5, 0.6) is 0 Å². The number of furan rings is 1. The summed E-state index contributed by atoms with van der Waals surface area (Å²) in [5.41, 5.74) is 6.76. The van der Waals surface area contributed by atoms with E-state index in [1.165, 1.54) is 0 Å². The Labute approximate surface area is 114 Å². The van der Waals surface area contributed by atoms with E-state index in [0.29, 0.717) is 16.4 Å². The summed E-state index contributed by atoms with van der Waals surface area (Å²) in [6, 6.07) is 3.72. The van der Waals surface area contributed by atoms with Crippen LogP contribution in [0.2, 0.25) is 0 Å². The van der Waals surface area contributed by atoms with E-state index in [-0.39, 0.29) is 6.04 Å². The molecule has 0 aromatic carbocycles. The number of aryl methyl sites for hydroxylation is 2. The molecule has 0 bridgehead atoms. The topological polar surface area (TPSA) is 77.0 Å². The van der Waals surface area contributed by atoms with E-state index < -0.39 is 0 Å². The standard InChI is InChI=1S/C12H15BrN4O/c1-6-4-9(8(3)18-6)7(2)15-12-16-10(13)5-11(14)17-12/h4-5,7H,1-3H3,(H3,14,15,16,17). The molecule has 0 amide bonds. The van der Waals surface area contributed by atoms with Crippen LogP contribution in [0, 0.1) is 13.8 Å². The summed E-state index contributed by atoms with van der Waals surface area (Å²) < 4.78 is 6.16. The first-order valence-electron chi connectivity index (χ1n) is 5.59. The molecule has 0 aliphatic rings. The summed E-state index contributed by atoms with van der Waals surface area (Å²) in [6.45, 7) is 5.89. The van der Waals surface area contributed by atoms with Gasteiger partial charge in [-0.15, -0.1) is 0 Å². The number of nitrogens with zero attached hydrogens (tertiary/aromatic N) is 2. The average Bonchev–Trinajstić information content (AvgIpc) is 2.56. The molecule has 3 N–H and O–H groups in total. The molecule has 1 unspecified atom stereocenters. The van der Waals surface area contributed by atoms with E-state index in [9.17, 15) is 0 Å². The molecular weight excluding hydrogens is 296 g/mol. The summed E-state index contributed by atoms with van der Waals surface area (Å²) in [7, 11) is 0. The highest BCUT2D eigenvalue weighted by atomic mass is 79.9. The quantitative estimate of drug-likeness (QED) is 0.851. The summed E-state index contributed by atoms with van der Waals surface area (Å²) in [4.78, 5) is 8.35. The van der Waals surface area contributed by atoms with Crippen LogP contribution < -0.4 is 11.1 Å². The predicted octanol–water partition coefficient (Wildman–Crippen LogP) is 3.20. The lowest BCUT2D eigenvalue weighted by Gasteiger charge is -2.13. The van der Waals surface area contributed by atoms with Crippen molar-refractivity contribution in [1.82, 2.24) is 9.97 Å². The van der Waals surface area contributed by atoms with E-state index in [2.05, 4.69) is 31.2 Å². The SMILES string of the molecule is Cc1cc(C(C)Nc2nc(N)cc(Br)n2)c(C)o1. The molecule has 0 aliphatic carbocycles. The van der Waals surface area contributed by atoms with Crippen molar-refractivity contribution in [1.29, 1.82) is 0 Å². The third-order valence-corrected chi connectivity index (χ3v) is 3.01. The number of nitrogen functional groups attached to an aromatic ring is 1. The highest BCUT2D eigenvalue weighted by Crippen LogP contribution is 2.24. The molecular formula is C12H15BrN4O. The van der Waals surface area contributed by atoms with Crippen molar-refractivity contribution in [2.24, 2.45) is 0 Å². The van der Waals surface area contributed by atoms with E-state index in [1.54, 1.807) is 6.07 Å². The van der Waals surface area contributed by atoms with Gasteiger partial charge in [0.1, 0.15) is 21.9 Å². The zero-order chi connectivity index (χ0) is 13.3. The fourth-order valence-electron chi connectivity index (χ4n) is 1.85. The van der Waals surface area contributed by atoms with Crippen molar-refractivity contribution in [3.63, 3.8) is 0 Å². The van der Waals surface area contributed by atoms with Gasteiger partial charge in [-0.25, -0.2) is 4.98 Å². The normalized spacial score (nSPS) is 12.4. The molecule has 0 fully saturated rings. The molecule has 1 atom stereocenters. The number of rotatable bonds is 3. The van der Waals surface area contributed by atoms with Gasteiger partial charge in [-0.2, -0.15) is 4.98 Å². The fourth-order valence-corrected chi connectivity index (χ4v) is 2.25. The van der Waals surface area contributed by atoms with Crippen LogP contribution in [-0.4, -0.2) is 9.97 Å². The first-order valence-corrected chi connectivity index (χ1v) is 6.38. The number of anilines is 2. The molecule has 0 spiro atoms. The molecule has 2 heterocycles. The summed E-state index contributed by atoms with van der Waals surface area (Å²) in [6.07, 6.45) is 0. The van der Waals surface area contributed by atoms with Gasteiger partial charge in [0.15, 0.2) is 0 Å². The Morgan fingerprint density at radius 3 is 2.61 bits per heavy atom. The smallest absolute Gasteiger partial charge is 0.226 e. The first kappa shape index (κ1) is 12.9. The predicted molar refractivity (Wildman–Crippen MR) is 74.4 cm³/mol. The van der Waals surface area contributed by atoms with Gasteiger partial charge < -0.3 is 15.5 Å². The first-order chi connectivity index (χ1) is 8.45. The van der Waals surface area contributed by atoms with Crippen molar-refractivity contribution in [2.45, 2.75) is 26.8 Å². The van der Waals surface area contributed by atoms with Crippen LogP contribution in [0.4, 0.5) is 11.8 Å². The van der Waals surface area contributed by atoms with Gasteiger partial charge in [-0.05, 0) is 42.8 Å². The fraction of sp³-hybridized carbons (Fsp3) is 0.333. The Balaban J connectivity index is 2.20. The maximum atomic E-state index is 5.67. The van der Waals surface area contributed by atoms with Crippen molar-refractivity contribution in [2.75, 3.05) is 11.1 Å². The molecule has 96 valence electrons. The van der Waals surface area contributed by atoms with Crippen LogP contribution in [-0.2, 0) is 0 Å². The summed E-state index contributed by atoms with van der Waals surface area (Å²) in [5.74, 6) is 2.71. The van der Waals surface area contributed by atoms with Crippen LogP contribution in [0.3, 0.4) is 0 Å². The van der Waals surface area contributed by atoms with E-state index in [0.717, 1.165) is 17.1 Å². The largest absolute Gasteiger partial charge is 0.466 e. The lowest BCUT2D eigenvalue weighted by Crippen LogP contribution is -2.10. The second-order valence-electron chi connectivity index (χ2n) is 4.17. The van der Waals surface area contributed by atoms with Crippen molar-refractivity contribution < 1.29 is 4.42 Å².